The van der Waals surface area contributed by atoms with Crippen molar-refractivity contribution < 1.29 is 13.9 Å². The van der Waals surface area contributed by atoms with Crippen LogP contribution in [0.15, 0.2) is 16.8 Å². The second-order valence-corrected chi connectivity index (χ2v) is 7.07. The molecule has 0 bridgehead atoms. The van der Waals surface area contributed by atoms with Gasteiger partial charge in [-0.25, -0.2) is 4.98 Å². The van der Waals surface area contributed by atoms with E-state index in [4.69, 9.17) is 13.9 Å². The van der Waals surface area contributed by atoms with Crippen molar-refractivity contribution >= 4 is 0 Å². The molecule has 26 heavy (non-hydrogen) atoms. The van der Waals surface area contributed by atoms with Crippen LogP contribution in [-0.4, -0.2) is 58.0 Å². The van der Waals surface area contributed by atoms with Crippen molar-refractivity contribution in [3.05, 3.63) is 29.9 Å². The number of ether oxygens (including phenoxy) is 2. The Morgan fingerprint density at radius 2 is 2.00 bits per heavy atom. The van der Waals surface area contributed by atoms with E-state index in [1.165, 1.54) is 0 Å². The molecule has 2 aliphatic rings. The summed E-state index contributed by atoms with van der Waals surface area (Å²) in [5.74, 6) is 2.88. The molecule has 4 heterocycles. The molecule has 2 aromatic rings. The van der Waals surface area contributed by atoms with E-state index in [1.54, 1.807) is 12.4 Å². The number of hydrogen-bond acceptors (Lipinski definition) is 8. The summed E-state index contributed by atoms with van der Waals surface area (Å²) in [6, 6.07) is 0. The van der Waals surface area contributed by atoms with E-state index >= 15 is 0 Å². The molecule has 0 saturated carbocycles. The zero-order chi connectivity index (χ0) is 17.8. The molecule has 2 fully saturated rings. The van der Waals surface area contributed by atoms with Gasteiger partial charge in [0.05, 0.1) is 31.4 Å². The van der Waals surface area contributed by atoms with Gasteiger partial charge in [-0.2, -0.15) is 0 Å². The van der Waals surface area contributed by atoms with E-state index < -0.39 is 0 Å². The van der Waals surface area contributed by atoms with Gasteiger partial charge in [-0.1, -0.05) is 0 Å². The van der Waals surface area contributed by atoms with Gasteiger partial charge in [0.1, 0.15) is 0 Å². The van der Waals surface area contributed by atoms with Crippen LogP contribution in [0.3, 0.4) is 0 Å². The zero-order valence-corrected chi connectivity index (χ0v) is 15.1. The van der Waals surface area contributed by atoms with E-state index in [9.17, 15) is 0 Å². The number of aromatic nitrogens is 4. The molecule has 4 rings (SSSR count). The summed E-state index contributed by atoms with van der Waals surface area (Å²) in [6.07, 6.45) is 6.51. The fourth-order valence-electron chi connectivity index (χ4n) is 3.46. The summed E-state index contributed by atoms with van der Waals surface area (Å²) in [7, 11) is 0. The first kappa shape index (κ1) is 17.4. The van der Waals surface area contributed by atoms with Gasteiger partial charge in [0, 0.05) is 19.0 Å². The molecule has 0 aliphatic carbocycles. The van der Waals surface area contributed by atoms with E-state index in [0.29, 0.717) is 30.9 Å². The summed E-state index contributed by atoms with van der Waals surface area (Å²) in [4.78, 5) is 10.8. The van der Waals surface area contributed by atoms with Crippen LogP contribution in [0.4, 0.5) is 0 Å². The van der Waals surface area contributed by atoms with Gasteiger partial charge in [0.15, 0.2) is 0 Å². The lowest BCUT2D eigenvalue weighted by atomic mass is 9.98. The molecule has 0 amide bonds. The van der Waals surface area contributed by atoms with Gasteiger partial charge in [-0.15, -0.1) is 10.2 Å². The Balaban J connectivity index is 1.22. The molecule has 2 aliphatic heterocycles. The van der Waals surface area contributed by atoms with Crippen molar-refractivity contribution in [2.75, 3.05) is 32.9 Å². The first-order valence-electron chi connectivity index (χ1n) is 9.30. The molecular weight excluding hydrogens is 334 g/mol. The molecule has 2 aromatic heterocycles. The van der Waals surface area contributed by atoms with Gasteiger partial charge < -0.3 is 13.9 Å². The molecular formula is C18H25N5O3. The number of nitrogens with zero attached hydrogens (tertiary/aromatic N) is 5. The largest absolute Gasteiger partial charge is 0.476 e. The van der Waals surface area contributed by atoms with Crippen LogP contribution in [0.25, 0.3) is 0 Å². The smallest absolute Gasteiger partial charge is 0.235 e. The van der Waals surface area contributed by atoms with Crippen molar-refractivity contribution in [3.8, 4) is 5.88 Å². The summed E-state index contributed by atoms with van der Waals surface area (Å²) in [5, 5.41) is 8.40. The summed E-state index contributed by atoms with van der Waals surface area (Å²) in [5.41, 5.74) is 0.838. The molecule has 1 unspecified atom stereocenters. The van der Waals surface area contributed by atoms with Gasteiger partial charge >= 0.3 is 0 Å². The standard InChI is InChI=1S/C18H25N5O3/c1-13-17(20-6-5-19-13)25-11-14-2-7-23(8-3-14)10-16-21-22-18(26-16)15-4-9-24-12-15/h5-6,14-15H,2-4,7-12H2,1H3. The highest BCUT2D eigenvalue weighted by atomic mass is 16.5. The van der Waals surface area contributed by atoms with Crippen molar-refractivity contribution in [3.63, 3.8) is 0 Å². The number of aryl methyl sites for hydroxylation is 1. The molecule has 8 nitrogen and oxygen atoms in total. The lowest BCUT2D eigenvalue weighted by Gasteiger charge is -2.30. The van der Waals surface area contributed by atoms with Gasteiger partial charge in [0.25, 0.3) is 0 Å². The first-order chi connectivity index (χ1) is 12.8. The SMILES string of the molecule is Cc1nccnc1OCC1CCN(Cc2nnc(C3CCOC3)o2)CC1. The second kappa shape index (κ2) is 8.09. The molecule has 0 aromatic carbocycles. The third-order valence-corrected chi connectivity index (χ3v) is 5.12. The Labute approximate surface area is 152 Å². The Kier molecular flexibility index (Phi) is 5.40. The molecule has 0 N–H and O–H groups in total. The van der Waals surface area contributed by atoms with Crippen LogP contribution in [-0.2, 0) is 11.3 Å². The van der Waals surface area contributed by atoms with Gasteiger partial charge in [0.2, 0.25) is 17.7 Å². The Morgan fingerprint density at radius 1 is 1.15 bits per heavy atom. The highest BCUT2D eigenvalue weighted by Gasteiger charge is 2.25. The van der Waals surface area contributed by atoms with Crippen LogP contribution in [0.2, 0.25) is 0 Å². The first-order valence-corrected chi connectivity index (χ1v) is 9.30. The quantitative estimate of drug-likeness (QED) is 0.774. The normalized spacial score (nSPS) is 22.0. The van der Waals surface area contributed by atoms with Gasteiger partial charge in [-0.3, -0.25) is 9.88 Å². The second-order valence-electron chi connectivity index (χ2n) is 7.07. The molecule has 1 atom stereocenters. The zero-order valence-electron chi connectivity index (χ0n) is 15.1. The topological polar surface area (TPSA) is 86.4 Å². The summed E-state index contributed by atoms with van der Waals surface area (Å²) < 4.78 is 17.1. The van der Waals surface area contributed by atoms with Crippen LogP contribution < -0.4 is 4.74 Å². The molecule has 0 radical (unpaired) electrons. The average Bonchev–Trinajstić information content (AvgIpc) is 3.34. The van der Waals surface area contributed by atoms with E-state index in [-0.39, 0.29) is 5.92 Å². The van der Waals surface area contributed by atoms with Crippen LogP contribution >= 0.6 is 0 Å². The van der Waals surface area contributed by atoms with Crippen molar-refractivity contribution in [2.45, 2.75) is 38.6 Å². The lowest BCUT2D eigenvalue weighted by molar-refractivity contribution is 0.126. The lowest BCUT2D eigenvalue weighted by Crippen LogP contribution is -2.35. The third kappa shape index (κ3) is 4.19. The van der Waals surface area contributed by atoms with Crippen molar-refractivity contribution in [2.24, 2.45) is 5.92 Å². The fraction of sp³-hybridized carbons (Fsp3) is 0.667. The van der Waals surface area contributed by atoms with E-state index in [0.717, 1.165) is 57.1 Å². The summed E-state index contributed by atoms with van der Waals surface area (Å²) in [6.45, 7) is 6.83. The predicted octanol–water partition coefficient (Wildman–Crippen LogP) is 1.96. The minimum atomic E-state index is 0.267. The molecule has 2 saturated heterocycles. The van der Waals surface area contributed by atoms with Crippen molar-refractivity contribution in [1.82, 2.24) is 25.1 Å². The average molecular weight is 359 g/mol. The maximum Gasteiger partial charge on any atom is 0.235 e. The summed E-state index contributed by atoms with van der Waals surface area (Å²) >= 11 is 0. The van der Waals surface area contributed by atoms with Crippen LogP contribution in [0.5, 0.6) is 5.88 Å². The fourth-order valence-corrected chi connectivity index (χ4v) is 3.46. The van der Waals surface area contributed by atoms with Crippen molar-refractivity contribution in [1.29, 1.82) is 0 Å². The highest BCUT2D eigenvalue weighted by molar-refractivity contribution is 5.14. The monoisotopic (exact) mass is 359 g/mol. The van der Waals surface area contributed by atoms with Gasteiger partial charge in [-0.05, 0) is 45.2 Å². The predicted molar refractivity (Wildman–Crippen MR) is 92.7 cm³/mol. The number of hydrogen-bond donors (Lipinski definition) is 0. The molecule has 0 spiro atoms. The van der Waals surface area contributed by atoms with Crippen LogP contribution in [0, 0.1) is 12.8 Å². The number of rotatable bonds is 6. The Morgan fingerprint density at radius 3 is 2.77 bits per heavy atom. The third-order valence-electron chi connectivity index (χ3n) is 5.12. The maximum absolute atomic E-state index is 5.85. The minimum absolute atomic E-state index is 0.267. The van der Waals surface area contributed by atoms with E-state index in [2.05, 4.69) is 25.1 Å². The maximum atomic E-state index is 5.85. The Bertz CT molecular complexity index is 708. The molecule has 8 heteroatoms. The highest BCUT2D eigenvalue weighted by Crippen LogP contribution is 2.25. The van der Waals surface area contributed by atoms with E-state index in [1.807, 2.05) is 6.92 Å². The Hall–Kier alpha value is -2.06. The number of likely N-dealkylation sites (tertiary alicyclic amines) is 1. The number of piperidine rings is 1. The molecule has 140 valence electrons. The minimum Gasteiger partial charge on any atom is -0.476 e. The van der Waals surface area contributed by atoms with Crippen LogP contribution in [0.1, 0.15) is 42.7 Å².